The minimum Gasteiger partial charge on any atom is -0.404 e. The number of rotatable bonds is 2. The van der Waals surface area contributed by atoms with Crippen molar-refractivity contribution in [2.24, 2.45) is 0 Å². The van der Waals surface area contributed by atoms with E-state index in [1.165, 1.54) is 12.3 Å². The number of aromatic nitrogens is 1. The average Bonchev–Trinajstić information content (AvgIpc) is 2.01. The summed E-state index contributed by atoms with van der Waals surface area (Å²) < 4.78 is 40.2. The molecule has 78 valence electrons. The van der Waals surface area contributed by atoms with E-state index in [0.29, 0.717) is 3.57 Å². The molecular weight excluding hydrogens is 378 g/mol. The Kier molecular flexibility index (Phi) is 3.99. The Morgan fingerprint density at radius 1 is 1.50 bits per heavy atom. The van der Waals surface area contributed by atoms with Crippen LogP contribution in [-0.2, 0) is 5.33 Å². The maximum atomic E-state index is 11.9. The molecule has 0 aliphatic carbocycles. The highest BCUT2D eigenvalue weighted by molar-refractivity contribution is 14.1. The van der Waals surface area contributed by atoms with Gasteiger partial charge in [0, 0.05) is 15.1 Å². The predicted octanol–water partition coefficient (Wildman–Crippen LogP) is 3.48. The van der Waals surface area contributed by atoms with E-state index in [0.717, 1.165) is 0 Å². The summed E-state index contributed by atoms with van der Waals surface area (Å²) in [5.41, 5.74) is 0.225. The molecule has 0 unspecified atom stereocenters. The zero-order valence-electron chi connectivity index (χ0n) is 6.61. The molecule has 0 atom stereocenters. The Labute approximate surface area is 100 Å². The highest BCUT2D eigenvalue weighted by Crippen LogP contribution is 2.27. The number of ether oxygens (including phenoxy) is 1. The molecule has 0 N–H and O–H groups in total. The van der Waals surface area contributed by atoms with E-state index < -0.39 is 6.36 Å². The molecule has 2 nitrogen and oxygen atoms in total. The lowest BCUT2D eigenvalue weighted by atomic mass is 10.3. The number of pyridine rings is 1. The Balaban J connectivity index is 2.99. The number of alkyl halides is 4. The lowest BCUT2D eigenvalue weighted by Crippen LogP contribution is -2.18. The zero-order chi connectivity index (χ0) is 10.8. The van der Waals surface area contributed by atoms with Gasteiger partial charge in [-0.25, -0.2) is 0 Å². The first-order chi connectivity index (χ1) is 6.42. The number of hydrogen-bond acceptors (Lipinski definition) is 2. The lowest BCUT2D eigenvalue weighted by Gasteiger charge is -2.11. The molecule has 0 amide bonds. The van der Waals surface area contributed by atoms with Crippen LogP contribution >= 0.6 is 38.5 Å². The highest BCUT2D eigenvalue weighted by atomic mass is 127. The number of halogens is 5. The molecular formula is C7H4BrF3INO. The molecule has 7 heteroatoms. The van der Waals surface area contributed by atoms with Crippen LogP contribution in [0, 0.1) is 3.57 Å². The molecule has 1 heterocycles. The van der Waals surface area contributed by atoms with E-state index in [1.807, 2.05) is 22.6 Å². The van der Waals surface area contributed by atoms with Crippen LogP contribution in [0.15, 0.2) is 12.3 Å². The van der Waals surface area contributed by atoms with Gasteiger partial charge in [0.05, 0.1) is 5.69 Å². The van der Waals surface area contributed by atoms with Gasteiger partial charge in [0.1, 0.15) is 0 Å². The molecule has 0 aromatic carbocycles. The van der Waals surface area contributed by atoms with Crippen LogP contribution in [0.5, 0.6) is 5.75 Å². The topological polar surface area (TPSA) is 22.1 Å². The standard InChI is InChI=1S/C7H4BrF3INO/c8-2-5-6(14-7(9,10)11)1-4(12)3-13-5/h1,3H,2H2. The lowest BCUT2D eigenvalue weighted by molar-refractivity contribution is -0.275. The van der Waals surface area contributed by atoms with Crippen LogP contribution in [0.2, 0.25) is 0 Å². The largest absolute Gasteiger partial charge is 0.573 e. The van der Waals surface area contributed by atoms with Crippen molar-refractivity contribution >= 4 is 38.5 Å². The van der Waals surface area contributed by atoms with Crippen molar-refractivity contribution in [1.29, 1.82) is 0 Å². The van der Waals surface area contributed by atoms with Gasteiger partial charge < -0.3 is 4.74 Å². The van der Waals surface area contributed by atoms with Crippen molar-refractivity contribution in [3.05, 3.63) is 21.5 Å². The second-order valence-electron chi connectivity index (χ2n) is 2.28. The summed E-state index contributed by atoms with van der Waals surface area (Å²) in [4.78, 5) is 3.80. The molecule has 0 spiro atoms. The van der Waals surface area contributed by atoms with Crippen LogP contribution in [0.3, 0.4) is 0 Å². The van der Waals surface area contributed by atoms with Crippen LogP contribution in [0.4, 0.5) is 13.2 Å². The molecule has 0 saturated heterocycles. The Hall–Kier alpha value is -0.0500. The number of nitrogens with zero attached hydrogens (tertiary/aromatic N) is 1. The van der Waals surface area contributed by atoms with Crippen LogP contribution in [0.1, 0.15) is 5.69 Å². The van der Waals surface area contributed by atoms with Crippen molar-refractivity contribution in [3.8, 4) is 5.75 Å². The molecule has 0 bridgehead atoms. The fraction of sp³-hybridized carbons (Fsp3) is 0.286. The molecule has 0 aliphatic heterocycles. The maximum Gasteiger partial charge on any atom is 0.573 e. The van der Waals surface area contributed by atoms with E-state index >= 15 is 0 Å². The molecule has 14 heavy (non-hydrogen) atoms. The van der Waals surface area contributed by atoms with Gasteiger partial charge in [-0.05, 0) is 28.7 Å². The molecule has 0 aliphatic rings. The van der Waals surface area contributed by atoms with Crippen LogP contribution in [0.25, 0.3) is 0 Å². The van der Waals surface area contributed by atoms with Gasteiger partial charge in [0.25, 0.3) is 0 Å². The third-order valence-corrected chi connectivity index (χ3v) is 2.37. The van der Waals surface area contributed by atoms with Gasteiger partial charge in [-0.3, -0.25) is 4.98 Å². The quantitative estimate of drug-likeness (QED) is 0.578. The monoisotopic (exact) mass is 381 g/mol. The van der Waals surface area contributed by atoms with E-state index in [9.17, 15) is 13.2 Å². The van der Waals surface area contributed by atoms with Crippen molar-refractivity contribution < 1.29 is 17.9 Å². The van der Waals surface area contributed by atoms with E-state index in [-0.39, 0.29) is 16.8 Å². The summed E-state index contributed by atoms with van der Waals surface area (Å²) in [5, 5.41) is 0.218. The fourth-order valence-electron chi connectivity index (χ4n) is 0.762. The van der Waals surface area contributed by atoms with Gasteiger partial charge in [-0.2, -0.15) is 0 Å². The molecule has 1 aromatic rings. The van der Waals surface area contributed by atoms with Gasteiger partial charge in [-0.15, -0.1) is 13.2 Å². The molecule has 1 rings (SSSR count). The third-order valence-electron chi connectivity index (χ3n) is 1.25. The summed E-state index contributed by atoms with van der Waals surface area (Å²) in [6.07, 6.45) is -3.20. The van der Waals surface area contributed by atoms with Crippen molar-refractivity contribution in [3.63, 3.8) is 0 Å². The van der Waals surface area contributed by atoms with Gasteiger partial charge >= 0.3 is 6.36 Å². The summed E-state index contributed by atoms with van der Waals surface area (Å²) in [6, 6.07) is 1.29. The predicted molar refractivity (Wildman–Crippen MR) is 56.3 cm³/mol. The minimum atomic E-state index is -4.68. The summed E-state index contributed by atoms with van der Waals surface area (Å²) in [5.74, 6) is -0.263. The first kappa shape index (κ1) is 12.0. The van der Waals surface area contributed by atoms with Crippen molar-refractivity contribution in [2.45, 2.75) is 11.7 Å². The van der Waals surface area contributed by atoms with Gasteiger partial charge in [0.15, 0.2) is 5.75 Å². The Morgan fingerprint density at radius 3 is 2.64 bits per heavy atom. The van der Waals surface area contributed by atoms with E-state index in [2.05, 4.69) is 25.7 Å². The van der Waals surface area contributed by atoms with Crippen molar-refractivity contribution in [1.82, 2.24) is 4.98 Å². The molecule has 0 radical (unpaired) electrons. The van der Waals surface area contributed by atoms with Crippen LogP contribution in [-0.4, -0.2) is 11.3 Å². The third kappa shape index (κ3) is 3.60. The first-order valence-corrected chi connectivity index (χ1v) is 5.58. The summed E-state index contributed by atoms with van der Waals surface area (Å²) in [6.45, 7) is 0. The average molecular weight is 382 g/mol. The molecule has 0 saturated carbocycles. The summed E-state index contributed by atoms with van der Waals surface area (Å²) in [7, 11) is 0. The minimum absolute atomic E-state index is 0.218. The normalized spacial score (nSPS) is 11.5. The first-order valence-electron chi connectivity index (χ1n) is 3.38. The molecule has 0 fully saturated rings. The smallest absolute Gasteiger partial charge is 0.404 e. The van der Waals surface area contributed by atoms with Gasteiger partial charge in [0.2, 0.25) is 0 Å². The second-order valence-corrected chi connectivity index (χ2v) is 4.09. The Bertz CT molecular complexity index is 331. The van der Waals surface area contributed by atoms with E-state index in [1.54, 1.807) is 0 Å². The highest BCUT2D eigenvalue weighted by Gasteiger charge is 2.32. The number of hydrogen-bond donors (Lipinski definition) is 0. The maximum absolute atomic E-state index is 11.9. The SMILES string of the molecule is FC(F)(F)Oc1cc(I)cnc1CBr. The second kappa shape index (κ2) is 4.65. The van der Waals surface area contributed by atoms with Crippen LogP contribution < -0.4 is 4.74 Å². The fourth-order valence-corrected chi connectivity index (χ4v) is 1.61. The molecule has 1 aromatic heterocycles. The van der Waals surface area contributed by atoms with Gasteiger partial charge in [-0.1, -0.05) is 15.9 Å². The Morgan fingerprint density at radius 2 is 2.14 bits per heavy atom. The summed E-state index contributed by atoms with van der Waals surface area (Å²) >= 11 is 4.89. The van der Waals surface area contributed by atoms with Crippen molar-refractivity contribution in [2.75, 3.05) is 0 Å². The van der Waals surface area contributed by atoms with E-state index in [4.69, 9.17) is 0 Å². The zero-order valence-corrected chi connectivity index (χ0v) is 10.4.